The number of anilines is 1. The summed E-state index contributed by atoms with van der Waals surface area (Å²) in [5.74, 6) is -0.0716. The second kappa shape index (κ2) is 3.95. The van der Waals surface area contributed by atoms with E-state index in [9.17, 15) is 4.79 Å². The molecule has 2 heterocycles. The van der Waals surface area contributed by atoms with Gasteiger partial charge in [0.15, 0.2) is 0 Å². The van der Waals surface area contributed by atoms with E-state index in [-0.39, 0.29) is 11.4 Å². The average Bonchev–Trinajstić information content (AvgIpc) is 2.66. The monoisotopic (exact) mass is 261 g/mol. The van der Waals surface area contributed by atoms with Crippen LogP contribution in [0.25, 0.3) is 10.2 Å². The Kier molecular flexibility index (Phi) is 2.52. The molecule has 5 heteroatoms. The Labute approximate surface area is 109 Å². The number of nitrogens with two attached hydrogens (primary N) is 1. The first kappa shape index (κ1) is 11.5. The van der Waals surface area contributed by atoms with Crippen LogP contribution < -0.4 is 11.1 Å². The van der Waals surface area contributed by atoms with E-state index >= 15 is 0 Å². The molecule has 3 rings (SSSR count). The van der Waals surface area contributed by atoms with Crippen LogP contribution in [0.5, 0.6) is 0 Å². The van der Waals surface area contributed by atoms with Crippen molar-refractivity contribution in [3.63, 3.8) is 0 Å². The number of amides is 1. The minimum Gasteiger partial charge on any atom is -0.396 e. The topological polar surface area (TPSA) is 68.0 Å². The summed E-state index contributed by atoms with van der Waals surface area (Å²) < 4.78 is 0.957. The lowest BCUT2D eigenvalue weighted by Crippen LogP contribution is -2.50. The summed E-state index contributed by atoms with van der Waals surface area (Å²) in [4.78, 5) is 17.0. The van der Waals surface area contributed by atoms with E-state index in [2.05, 4.69) is 17.2 Å². The molecule has 1 saturated carbocycles. The maximum atomic E-state index is 12.2. The third-order valence-electron chi connectivity index (χ3n) is 3.56. The van der Waals surface area contributed by atoms with Crippen molar-refractivity contribution in [3.8, 4) is 0 Å². The van der Waals surface area contributed by atoms with Crippen LogP contribution in [0.1, 0.15) is 35.9 Å². The zero-order valence-electron chi connectivity index (χ0n) is 10.2. The number of rotatable bonds is 2. The molecule has 0 bridgehead atoms. The second-order valence-corrected chi connectivity index (χ2v) is 6.12. The van der Waals surface area contributed by atoms with Crippen LogP contribution in [-0.4, -0.2) is 16.4 Å². The van der Waals surface area contributed by atoms with Crippen LogP contribution in [0.3, 0.4) is 0 Å². The van der Waals surface area contributed by atoms with Gasteiger partial charge in [-0.15, -0.1) is 11.3 Å². The zero-order valence-corrected chi connectivity index (χ0v) is 11.0. The van der Waals surface area contributed by atoms with Crippen molar-refractivity contribution in [2.24, 2.45) is 0 Å². The summed E-state index contributed by atoms with van der Waals surface area (Å²) in [6.07, 6.45) is 4.96. The summed E-state index contributed by atoms with van der Waals surface area (Å²) in [6.45, 7) is 2.08. The number of pyridine rings is 1. The molecular formula is C13H15N3OS. The lowest BCUT2D eigenvalue weighted by molar-refractivity contribution is 0.0855. The van der Waals surface area contributed by atoms with Crippen LogP contribution in [-0.2, 0) is 0 Å². The fourth-order valence-electron chi connectivity index (χ4n) is 2.28. The molecule has 3 N–H and O–H groups in total. The number of nitrogens with one attached hydrogen (secondary N) is 1. The summed E-state index contributed by atoms with van der Waals surface area (Å²) >= 11 is 1.41. The van der Waals surface area contributed by atoms with Gasteiger partial charge in [-0.05, 0) is 38.3 Å². The molecule has 0 saturated heterocycles. The standard InChI is InChI=1S/C13H15N3OS/c1-13(5-3-6-13)16-12(17)11-9(14)10-8(18-11)4-2-7-15-10/h2,4,7H,3,5-6,14H2,1H3,(H,16,17). The van der Waals surface area contributed by atoms with E-state index in [0.29, 0.717) is 10.6 Å². The van der Waals surface area contributed by atoms with Gasteiger partial charge in [-0.25, -0.2) is 0 Å². The molecular weight excluding hydrogens is 246 g/mol. The Balaban J connectivity index is 1.94. The molecule has 0 atom stereocenters. The highest BCUT2D eigenvalue weighted by molar-refractivity contribution is 7.21. The number of carbonyl (C=O) groups is 1. The van der Waals surface area contributed by atoms with Gasteiger partial charge in [0, 0.05) is 11.7 Å². The molecule has 18 heavy (non-hydrogen) atoms. The van der Waals surface area contributed by atoms with Crippen molar-refractivity contribution >= 4 is 33.1 Å². The molecule has 0 spiro atoms. The van der Waals surface area contributed by atoms with Crippen molar-refractivity contribution < 1.29 is 4.79 Å². The predicted octanol–water partition coefficient (Wildman–Crippen LogP) is 2.55. The third-order valence-corrected chi connectivity index (χ3v) is 4.72. The van der Waals surface area contributed by atoms with E-state index in [4.69, 9.17) is 5.73 Å². The molecule has 1 aliphatic carbocycles. The lowest BCUT2D eigenvalue weighted by atomic mass is 9.78. The number of hydrogen-bond acceptors (Lipinski definition) is 4. The Morgan fingerprint density at radius 2 is 2.33 bits per heavy atom. The number of hydrogen-bond donors (Lipinski definition) is 2. The van der Waals surface area contributed by atoms with Gasteiger partial charge in [0.05, 0.1) is 10.4 Å². The number of carbonyl (C=O) groups excluding carboxylic acids is 1. The van der Waals surface area contributed by atoms with Gasteiger partial charge in [0.1, 0.15) is 10.4 Å². The molecule has 1 fully saturated rings. The second-order valence-electron chi connectivity index (χ2n) is 5.06. The van der Waals surface area contributed by atoms with E-state index in [1.165, 1.54) is 17.8 Å². The van der Waals surface area contributed by atoms with Crippen LogP contribution in [0.4, 0.5) is 5.69 Å². The van der Waals surface area contributed by atoms with E-state index in [1.54, 1.807) is 6.20 Å². The van der Waals surface area contributed by atoms with Gasteiger partial charge in [-0.2, -0.15) is 0 Å². The van der Waals surface area contributed by atoms with Gasteiger partial charge in [-0.3, -0.25) is 9.78 Å². The Morgan fingerprint density at radius 1 is 1.56 bits per heavy atom. The quantitative estimate of drug-likeness (QED) is 0.873. The van der Waals surface area contributed by atoms with Gasteiger partial charge in [0.25, 0.3) is 5.91 Å². The first-order chi connectivity index (χ1) is 8.59. The van der Waals surface area contributed by atoms with Crippen molar-refractivity contribution in [2.45, 2.75) is 31.7 Å². The fourth-order valence-corrected chi connectivity index (χ4v) is 3.26. The van der Waals surface area contributed by atoms with Crippen molar-refractivity contribution in [1.29, 1.82) is 0 Å². The maximum Gasteiger partial charge on any atom is 0.263 e. The normalized spacial score (nSPS) is 17.4. The van der Waals surface area contributed by atoms with Crippen molar-refractivity contribution in [1.82, 2.24) is 10.3 Å². The van der Waals surface area contributed by atoms with Crippen molar-refractivity contribution in [2.75, 3.05) is 5.73 Å². The van der Waals surface area contributed by atoms with Crippen LogP contribution in [0.15, 0.2) is 18.3 Å². The molecule has 4 nitrogen and oxygen atoms in total. The van der Waals surface area contributed by atoms with Crippen LogP contribution in [0.2, 0.25) is 0 Å². The number of nitrogens with zero attached hydrogens (tertiary/aromatic N) is 1. The minimum absolute atomic E-state index is 0.0485. The van der Waals surface area contributed by atoms with Crippen LogP contribution >= 0.6 is 11.3 Å². The van der Waals surface area contributed by atoms with Gasteiger partial charge >= 0.3 is 0 Å². The Hall–Kier alpha value is -1.62. The Morgan fingerprint density at radius 3 is 2.94 bits per heavy atom. The van der Waals surface area contributed by atoms with E-state index in [1.807, 2.05) is 12.1 Å². The SMILES string of the molecule is CC1(NC(=O)c2sc3cccnc3c2N)CCC1. The summed E-state index contributed by atoms with van der Waals surface area (Å²) in [5.41, 5.74) is 7.18. The van der Waals surface area contributed by atoms with E-state index < -0.39 is 0 Å². The third kappa shape index (κ3) is 1.75. The zero-order chi connectivity index (χ0) is 12.8. The first-order valence-electron chi connectivity index (χ1n) is 6.05. The highest BCUT2D eigenvalue weighted by Gasteiger charge is 2.34. The number of thiophene rings is 1. The fraction of sp³-hybridized carbons (Fsp3) is 0.385. The average molecular weight is 261 g/mol. The highest BCUT2D eigenvalue weighted by atomic mass is 32.1. The van der Waals surface area contributed by atoms with Crippen LogP contribution in [0, 0.1) is 0 Å². The highest BCUT2D eigenvalue weighted by Crippen LogP contribution is 2.35. The maximum absolute atomic E-state index is 12.2. The number of aromatic nitrogens is 1. The molecule has 1 amide bonds. The minimum atomic E-state index is -0.0716. The molecule has 0 unspecified atom stereocenters. The predicted molar refractivity (Wildman–Crippen MR) is 73.8 cm³/mol. The lowest BCUT2D eigenvalue weighted by Gasteiger charge is -2.39. The van der Waals surface area contributed by atoms with Crippen molar-refractivity contribution in [3.05, 3.63) is 23.2 Å². The largest absolute Gasteiger partial charge is 0.396 e. The van der Waals surface area contributed by atoms with Gasteiger partial charge < -0.3 is 11.1 Å². The molecule has 94 valence electrons. The smallest absolute Gasteiger partial charge is 0.263 e. The number of fused-ring (bicyclic) bond motifs is 1. The molecule has 0 radical (unpaired) electrons. The van der Waals surface area contributed by atoms with Gasteiger partial charge in [-0.1, -0.05) is 0 Å². The van der Waals surface area contributed by atoms with E-state index in [0.717, 1.165) is 23.1 Å². The summed E-state index contributed by atoms with van der Waals surface area (Å²) in [5, 5.41) is 3.07. The Bertz CT molecular complexity index is 616. The summed E-state index contributed by atoms with van der Waals surface area (Å²) in [6, 6.07) is 3.79. The first-order valence-corrected chi connectivity index (χ1v) is 6.86. The summed E-state index contributed by atoms with van der Waals surface area (Å²) in [7, 11) is 0. The molecule has 1 aliphatic rings. The number of nitrogen functional groups attached to an aromatic ring is 1. The molecule has 2 aromatic rings. The molecule has 2 aromatic heterocycles. The molecule has 0 aliphatic heterocycles. The van der Waals surface area contributed by atoms with Gasteiger partial charge in [0.2, 0.25) is 0 Å². The molecule has 0 aromatic carbocycles.